The van der Waals surface area contributed by atoms with Crippen molar-refractivity contribution >= 4 is 5.57 Å². The van der Waals surface area contributed by atoms with Gasteiger partial charge in [-0.05, 0) is 44.9 Å². The van der Waals surface area contributed by atoms with Crippen LogP contribution in [0.25, 0.3) is 5.57 Å². The van der Waals surface area contributed by atoms with Crippen molar-refractivity contribution in [3.63, 3.8) is 0 Å². The van der Waals surface area contributed by atoms with Crippen molar-refractivity contribution < 1.29 is 4.74 Å². The number of allylic oxidation sites excluding steroid dienone is 3. The molecule has 0 bridgehead atoms. The fourth-order valence-corrected chi connectivity index (χ4v) is 1.21. The fourth-order valence-electron chi connectivity index (χ4n) is 1.21. The molecule has 0 aromatic heterocycles. The highest BCUT2D eigenvalue weighted by Crippen LogP contribution is 2.15. The van der Waals surface area contributed by atoms with Gasteiger partial charge in [0.2, 0.25) is 0 Å². The summed E-state index contributed by atoms with van der Waals surface area (Å²) in [6, 6.07) is 8.40. The molecule has 0 radical (unpaired) electrons. The number of aryl methyl sites for hydroxylation is 1. The van der Waals surface area contributed by atoms with Crippen LogP contribution in [-0.2, 0) is 4.74 Å². The van der Waals surface area contributed by atoms with Crippen LogP contribution < -0.4 is 0 Å². The Morgan fingerprint density at radius 2 is 2.00 bits per heavy atom. The van der Waals surface area contributed by atoms with Gasteiger partial charge in [-0.25, -0.2) is 0 Å². The Balaban J connectivity index is 2.80. The van der Waals surface area contributed by atoms with Crippen molar-refractivity contribution in [1.29, 1.82) is 0 Å². The summed E-state index contributed by atoms with van der Waals surface area (Å²) in [5.74, 6) is 0.919. The van der Waals surface area contributed by atoms with E-state index in [1.807, 2.05) is 19.9 Å². The summed E-state index contributed by atoms with van der Waals surface area (Å²) >= 11 is 0. The number of hydrogen-bond acceptors (Lipinski definition) is 1. The Hall–Kier alpha value is -1.50. The minimum absolute atomic E-state index is 0.919. The molecule has 0 unspecified atom stereocenters. The molecule has 1 rings (SSSR count). The summed E-state index contributed by atoms with van der Waals surface area (Å²) in [5, 5.41) is 0. The maximum atomic E-state index is 5.45. The Kier molecular flexibility index (Phi) is 4.17. The Bertz CT molecular complexity index is 386. The molecular weight excluding hydrogens is 184 g/mol. The van der Waals surface area contributed by atoms with Gasteiger partial charge in [0.1, 0.15) is 0 Å². The number of benzene rings is 1. The second-order valence-electron chi connectivity index (χ2n) is 3.69. The van der Waals surface area contributed by atoms with E-state index in [-0.39, 0.29) is 0 Å². The quantitative estimate of drug-likeness (QED) is 0.664. The fraction of sp³-hybridized carbons (Fsp3) is 0.286. The van der Waals surface area contributed by atoms with E-state index in [1.54, 1.807) is 6.26 Å². The lowest BCUT2D eigenvalue weighted by Gasteiger charge is -2.04. The number of rotatable bonds is 3. The monoisotopic (exact) mass is 202 g/mol. The predicted octanol–water partition coefficient (Wildman–Crippen LogP) is 4.30. The first-order valence-corrected chi connectivity index (χ1v) is 5.17. The first-order valence-electron chi connectivity index (χ1n) is 5.17. The summed E-state index contributed by atoms with van der Waals surface area (Å²) in [7, 11) is 0. The van der Waals surface area contributed by atoms with Gasteiger partial charge in [-0.15, -0.1) is 0 Å². The molecule has 0 saturated carbocycles. The van der Waals surface area contributed by atoms with Gasteiger partial charge in [0, 0.05) is 0 Å². The van der Waals surface area contributed by atoms with E-state index in [1.165, 1.54) is 11.1 Å². The van der Waals surface area contributed by atoms with Crippen LogP contribution in [0.2, 0.25) is 0 Å². The van der Waals surface area contributed by atoms with Gasteiger partial charge in [-0.1, -0.05) is 29.8 Å². The highest BCUT2D eigenvalue weighted by atomic mass is 16.5. The second-order valence-corrected chi connectivity index (χ2v) is 3.69. The van der Waals surface area contributed by atoms with E-state index < -0.39 is 0 Å². The summed E-state index contributed by atoms with van der Waals surface area (Å²) in [5.41, 5.74) is 3.61. The zero-order valence-corrected chi connectivity index (χ0v) is 9.87. The zero-order chi connectivity index (χ0) is 11.3. The van der Waals surface area contributed by atoms with E-state index in [0.29, 0.717) is 0 Å². The van der Waals surface area contributed by atoms with E-state index in [4.69, 9.17) is 4.74 Å². The molecule has 0 fully saturated rings. The van der Waals surface area contributed by atoms with Gasteiger partial charge in [0.05, 0.1) is 12.0 Å². The summed E-state index contributed by atoms with van der Waals surface area (Å²) < 4.78 is 5.45. The topological polar surface area (TPSA) is 9.23 Å². The predicted molar refractivity (Wildman–Crippen MR) is 65.3 cm³/mol. The molecule has 0 aliphatic rings. The molecular formula is C14H18O. The lowest BCUT2D eigenvalue weighted by atomic mass is 10.1. The summed E-state index contributed by atoms with van der Waals surface area (Å²) in [6.45, 7) is 8.05. The average Bonchev–Trinajstić information content (AvgIpc) is 2.25. The van der Waals surface area contributed by atoms with Crippen molar-refractivity contribution in [3.05, 3.63) is 53.5 Å². The molecule has 0 atom stereocenters. The van der Waals surface area contributed by atoms with Crippen LogP contribution >= 0.6 is 0 Å². The highest BCUT2D eigenvalue weighted by Gasteiger charge is 1.96. The summed E-state index contributed by atoms with van der Waals surface area (Å²) in [4.78, 5) is 0. The molecule has 0 aliphatic carbocycles. The Morgan fingerprint density at radius 1 is 1.27 bits per heavy atom. The van der Waals surface area contributed by atoms with Crippen molar-refractivity contribution in [2.24, 2.45) is 0 Å². The van der Waals surface area contributed by atoms with Gasteiger partial charge in [-0.2, -0.15) is 0 Å². The van der Waals surface area contributed by atoms with Crippen molar-refractivity contribution in [2.45, 2.75) is 27.7 Å². The smallest absolute Gasteiger partial charge is 0.0958 e. The largest absolute Gasteiger partial charge is 0.470 e. The first-order chi connectivity index (χ1) is 7.13. The maximum Gasteiger partial charge on any atom is 0.0958 e. The van der Waals surface area contributed by atoms with Gasteiger partial charge in [0.25, 0.3) is 0 Å². The van der Waals surface area contributed by atoms with E-state index >= 15 is 0 Å². The lowest BCUT2D eigenvalue weighted by Crippen LogP contribution is -1.84. The van der Waals surface area contributed by atoms with E-state index in [9.17, 15) is 0 Å². The van der Waals surface area contributed by atoms with Gasteiger partial charge >= 0.3 is 0 Å². The second kappa shape index (κ2) is 5.40. The zero-order valence-electron chi connectivity index (χ0n) is 9.87. The molecule has 15 heavy (non-hydrogen) atoms. The van der Waals surface area contributed by atoms with Crippen molar-refractivity contribution in [3.8, 4) is 0 Å². The Labute approximate surface area is 92.1 Å². The molecule has 1 aromatic rings. The lowest BCUT2D eigenvalue weighted by molar-refractivity contribution is 0.354. The van der Waals surface area contributed by atoms with Gasteiger partial charge in [-0.3, -0.25) is 0 Å². The van der Waals surface area contributed by atoms with E-state index in [2.05, 4.69) is 38.1 Å². The molecule has 0 saturated heterocycles. The van der Waals surface area contributed by atoms with Gasteiger partial charge in [0.15, 0.2) is 0 Å². The molecule has 1 heteroatoms. The molecule has 0 heterocycles. The number of ether oxygens (including phenoxy) is 1. The van der Waals surface area contributed by atoms with Crippen molar-refractivity contribution in [1.82, 2.24) is 0 Å². The minimum atomic E-state index is 0.919. The molecule has 1 aromatic carbocycles. The number of hydrogen-bond donors (Lipinski definition) is 0. The third-order valence-corrected chi connectivity index (χ3v) is 2.30. The van der Waals surface area contributed by atoms with Crippen LogP contribution in [0, 0.1) is 6.92 Å². The van der Waals surface area contributed by atoms with Gasteiger partial charge < -0.3 is 4.74 Å². The third-order valence-electron chi connectivity index (χ3n) is 2.30. The summed E-state index contributed by atoms with van der Waals surface area (Å²) in [6.07, 6.45) is 3.74. The molecule has 1 nitrogen and oxygen atoms in total. The molecule has 0 N–H and O–H groups in total. The van der Waals surface area contributed by atoms with Crippen LogP contribution in [0.4, 0.5) is 0 Å². The van der Waals surface area contributed by atoms with E-state index in [0.717, 1.165) is 11.3 Å². The SMILES string of the molecule is CC=C(C)OC=C(C)c1cccc(C)c1. The molecule has 0 aliphatic heterocycles. The third kappa shape index (κ3) is 3.62. The molecule has 0 amide bonds. The average molecular weight is 202 g/mol. The van der Waals surface area contributed by atoms with Crippen LogP contribution in [-0.4, -0.2) is 0 Å². The normalized spacial score (nSPS) is 12.8. The standard InChI is InChI=1S/C14H18O/c1-5-13(4)15-10-12(3)14-8-6-7-11(2)9-14/h5-10H,1-4H3. The van der Waals surface area contributed by atoms with Crippen LogP contribution in [0.5, 0.6) is 0 Å². The first kappa shape index (κ1) is 11.6. The maximum absolute atomic E-state index is 5.45. The highest BCUT2D eigenvalue weighted by molar-refractivity contribution is 5.63. The van der Waals surface area contributed by atoms with Crippen molar-refractivity contribution in [2.75, 3.05) is 0 Å². The Morgan fingerprint density at radius 3 is 2.60 bits per heavy atom. The van der Waals surface area contributed by atoms with Crippen LogP contribution in [0.1, 0.15) is 31.9 Å². The van der Waals surface area contributed by atoms with Crippen LogP contribution in [0.15, 0.2) is 42.4 Å². The molecule has 0 spiro atoms. The van der Waals surface area contributed by atoms with Crippen LogP contribution in [0.3, 0.4) is 0 Å². The molecule has 80 valence electrons. The minimum Gasteiger partial charge on any atom is -0.470 e.